The monoisotopic (exact) mass is 624 g/mol. The van der Waals surface area contributed by atoms with E-state index in [9.17, 15) is 33.3 Å². The summed E-state index contributed by atoms with van der Waals surface area (Å²) in [5.74, 6) is -5.03. The van der Waals surface area contributed by atoms with Gasteiger partial charge in [-0.3, -0.25) is 4.79 Å². The van der Waals surface area contributed by atoms with Crippen LogP contribution in [0.2, 0.25) is 5.02 Å². The van der Waals surface area contributed by atoms with Crippen molar-refractivity contribution in [2.45, 2.75) is 74.8 Å². The van der Waals surface area contributed by atoms with E-state index in [1.807, 2.05) is 0 Å². The van der Waals surface area contributed by atoms with Crippen molar-refractivity contribution in [1.82, 2.24) is 19.9 Å². The van der Waals surface area contributed by atoms with Crippen molar-refractivity contribution in [3.05, 3.63) is 70.6 Å². The Kier molecular flexibility index (Phi) is 9.69. The normalized spacial score (nSPS) is 27.7. The molecule has 10 nitrogen and oxygen atoms in total. The fourth-order valence-electron chi connectivity index (χ4n) is 5.90. The zero-order chi connectivity index (χ0) is 30.8. The molecule has 0 spiro atoms. The Balaban J connectivity index is 1.51. The van der Waals surface area contributed by atoms with E-state index in [1.165, 1.54) is 18.2 Å². The van der Waals surface area contributed by atoms with E-state index in [-0.39, 0.29) is 17.8 Å². The average Bonchev–Trinajstić information content (AvgIpc) is 3.49. The number of rotatable bonds is 8. The predicted molar refractivity (Wildman–Crippen MR) is 147 cm³/mol. The molecule has 1 saturated carbocycles. The first-order valence-electron chi connectivity index (χ1n) is 13.9. The van der Waals surface area contributed by atoms with Gasteiger partial charge in [-0.15, -0.1) is 5.10 Å². The van der Waals surface area contributed by atoms with Crippen LogP contribution >= 0.6 is 11.6 Å². The molecule has 1 aromatic heterocycles. The number of aliphatic hydroxyl groups excluding tert-OH is 3. The number of ether oxygens (including phenoxy) is 2. The predicted octanol–water partition coefficient (Wildman–Crippen LogP) is 3.02. The summed E-state index contributed by atoms with van der Waals surface area (Å²) in [5.41, 5.74) is 0.497. The number of nitrogens with zero attached hydrogens (tertiary/aromatic N) is 4. The molecule has 2 aromatic carbocycles. The van der Waals surface area contributed by atoms with Crippen LogP contribution in [0.15, 0.2) is 42.6 Å². The Morgan fingerprint density at radius 2 is 1.86 bits per heavy atom. The molecule has 1 aliphatic heterocycles. The molecule has 1 amide bonds. The van der Waals surface area contributed by atoms with Crippen LogP contribution in [-0.2, 0) is 20.8 Å². The van der Waals surface area contributed by atoms with E-state index < -0.39 is 72.6 Å². The zero-order valence-corrected chi connectivity index (χ0v) is 23.9. The summed E-state index contributed by atoms with van der Waals surface area (Å²) in [5, 5.41) is 40.5. The van der Waals surface area contributed by atoms with Crippen molar-refractivity contribution < 1.29 is 42.8 Å². The molecular weight excluding hydrogens is 593 g/mol. The maximum absolute atomic E-state index is 14.3. The van der Waals surface area contributed by atoms with Gasteiger partial charge in [0.15, 0.2) is 23.6 Å². The van der Waals surface area contributed by atoms with Crippen molar-refractivity contribution in [2.24, 2.45) is 0 Å². The lowest BCUT2D eigenvalue weighted by atomic mass is 9.88. The van der Waals surface area contributed by atoms with Gasteiger partial charge >= 0.3 is 0 Å². The van der Waals surface area contributed by atoms with E-state index in [1.54, 1.807) is 24.3 Å². The lowest BCUT2D eigenvalue weighted by Gasteiger charge is -2.46. The van der Waals surface area contributed by atoms with Crippen molar-refractivity contribution in [3.63, 3.8) is 0 Å². The number of hydrogen-bond donors (Lipinski definition) is 3. The molecule has 232 valence electrons. The van der Waals surface area contributed by atoms with Crippen LogP contribution < -0.4 is 0 Å². The molecule has 3 aromatic rings. The highest BCUT2D eigenvalue weighted by Crippen LogP contribution is 2.36. The molecule has 2 heterocycles. The van der Waals surface area contributed by atoms with Crippen LogP contribution in [0.4, 0.5) is 13.2 Å². The first-order valence-corrected chi connectivity index (χ1v) is 14.3. The summed E-state index contributed by atoms with van der Waals surface area (Å²) in [6, 6.07) is 6.81. The SMILES string of the molecule is COC1C(C(=O)N(Cc2ccccc2Cl)[C@H]2CCCC[C@@H]2O)OC(CO)C(O)C1n1cc(-c2cc(F)c(F)c(F)c2)nn1. The van der Waals surface area contributed by atoms with Crippen LogP contribution in [0.3, 0.4) is 0 Å². The minimum atomic E-state index is -1.63. The van der Waals surface area contributed by atoms with E-state index in [0.717, 1.165) is 29.7 Å². The highest BCUT2D eigenvalue weighted by molar-refractivity contribution is 6.31. The molecule has 1 aliphatic carbocycles. The van der Waals surface area contributed by atoms with E-state index in [2.05, 4.69) is 10.3 Å². The van der Waals surface area contributed by atoms with Crippen molar-refractivity contribution >= 4 is 17.5 Å². The summed E-state index contributed by atoms with van der Waals surface area (Å²) >= 11 is 6.43. The molecule has 1 saturated heterocycles. The van der Waals surface area contributed by atoms with Crippen molar-refractivity contribution in [1.29, 1.82) is 0 Å². The number of methoxy groups -OCH3 is 1. The van der Waals surface area contributed by atoms with E-state index >= 15 is 0 Å². The van der Waals surface area contributed by atoms with Gasteiger partial charge in [0.2, 0.25) is 0 Å². The number of hydrogen-bond acceptors (Lipinski definition) is 8. The topological polar surface area (TPSA) is 130 Å². The number of amides is 1. The van der Waals surface area contributed by atoms with Crippen LogP contribution in [0.1, 0.15) is 37.3 Å². The molecule has 43 heavy (non-hydrogen) atoms. The number of halogens is 4. The number of carbonyl (C=O) groups is 1. The van der Waals surface area contributed by atoms with E-state index in [4.69, 9.17) is 21.1 Å². The summed E-state index contributed by atoms with van der Waals surface area (Å²) in [4.78, 5) is 15.8. The molecular formula is C29H32ClF3N4O6. The number of aromatic nitrogens is 3. The second-order valence-electron chi connectivity index (χ2n) is 10.8. The Bertz CT molecular complexity index is 1420. The van der Waals surface area contributed by atoms with Crippen LogP contribution in [-0.4, -0.2) is 91.4 Å². The quantitative estimate of drug-likeness (QED) is 0.326. The second kappa shape index (κ2) is 13.3. The van der Waals surface area contributed by atoms with Gasteiger partial charge in [0, 0.05) is 24.2 Å². The molecule has 5 rings (SSSR count). The minimum absolute atomic E-state index is 0.0413. The van der Waals surface area contributed by atoms with Gasteiger partial charge in [-0.25, -0.2) is 17.9 Å². The molecule has 0 radical (unpaired) electrons. The largest absolute Gasteiger partial charge is 0.394 e. The van der Waals surface area contributed by atoms with Crippen LogP contribution in [0.5, 0.6) is 0 Å². The Labute approximate surface area is 250 Å². The lowest BCUT2D eigenvalue weighted by molar-refractivity contribution is -0.219. The molecule has 3 N–H and O–H groups in total. The van der Waals surface area contributed by atoms with Gasteiger partial charge in [-0.1, -0.05) is 47.9 Å². The molecule has 2 aliphatic rings. The summed E-state index contributed by atoms with van der Waals surface area (Å²) in [6.45, 7) is -0.604. The van der Waals surface area contributed by atoms with Gasteiger partial charge in [0.1, 0.15) is 30.0 Å². The standard InChI is InChI=1S/C29H32ClF3N4O6/c1-42-27-25(37-13-20(34-35-37)16-10-18(31)24(33)19(32)11-16)26(40)23(14-38)43-28(27)29(41)36(21-8-4-5-9-22(21)39)12-15-6-2-3-7-17(15)30/h2-3,6-7,10-11,13,21-23,25-28,38-40H,4-5,8-9,12,14H2,1H3/t21-,22-,23?,25?,26?,27?,28?/m0/s1. The number of benzene rings is 2. The third kappa shape index (κ3) is 6.28. The first kappa shape index (κ1) is 31.4. The van der Waals surface area contributed by atoms with E-state index in [0.29, 0.717) is 23.4 Å². The molecule has 2 fully saturated rings. The molecule has 5 unspecified atom stereocenters. The maximum atomic E-state index is 14.3. The van der Waals surface area contributed by atoms with Gasteiger partial charge in [-0.2, -0.15) is 0 Å². The summed E-state index contributed by atoms with van der Waals surface area (Å²) in [7, 11) is 1.31. The molecule has 14 heteroatoms. The van der Waals surface area contributed by atoms with Gasteiger partial charge in [-0.05, 0) is 36.6 Å². The van der Waals surface area contributed by atoms with Gasteiger partial charge in [0.25, 0.3) is 5.91 Å². The third-order valence-electron chi connectivity index (χ3n) is 8.15. The zero-order valence-electron chi connectivity index (χ0n) is 23.2. The van der Waals surface area contributed by atoms with Gasteiger partial charge in [0.05, 0.1) is 24.9 Å². The summed E-state index contributed by atoms with van der Waals surface area (Å²) in [6.07, 6.45) is -2.16. The van der Waals surface area contributed by atoms with Gasteiger partial charge < -0.3 is 29.7 Å². The highest BCUT2D eigenvalue weighted by Gasteiger charge is 2.51. The fraction of sp³-hybridized carbons (Fsp3) is 0.483. The molecule has 0 bridgehead atoms. The number of aliphatic hydroxyl groups is 3. The minimum Gasteiger partial charge on any atom is -0.394 e. The summed E-state index contributed by atoms with van der Waals surface area (Å²) < 4.78 is 54.1. The first-order chi connectivity index (χ1) is 20.6. The fourth-order valence-corrected chi connectivity index (χ4v) is 6.10. The Morgan fingerprint density at radius 3 is 2.51 bits per heavy atom. The number of carbonyl (C=O) groups excluding carboxylic acids is 1. The average molecular weight is 625 g/mol. The van der Waals surface area contributed by atoms with Crippen LogP contribution in [0, 0.1) is 17.5 Å². The van der Waals surface area contributed by atoms with Crippen molar-refractivity contribution in [2.75, 3.05) is 13.7 Å². The van der Waals surface area contributed by atoms with Crippen molar-refractivity contribution in [3.8, 4) is 11.3 Å². The highest BCUT2D eigenvalue weighted by atomic mass is 35.5. The Morgan fingerprint density at radius 1 is 1.16 bits per heavy atom. The van der Waals surface area contributed by atoms with Crippen LogP contribution in [0.25, 0.3) is 11.3 Å². The Hall–Kier alpha value is -3.07. The maximum Gasteiger partial charge on any atom is 0.255 e. The smallest absolute Gasteiger partial charge is 0.255 e. The third-order valence-corrected chi connectivity index (χ3v) is 8.52. The second-order valence-corrected chi connectivity index (χ2v) is 11.2. The lowest BCUT2D eigenvalue weighted by Crippen LogP contribution is -2.62. The molecule has 7 atom stereocenters.